The van der Waals surface area contributed by atoms with Gasteiger partial charge in [-0.05, 0) is 43.7 Å². The summed E-state index contributed by atoms with van der Waals surface area (Å²) in [6.45, 7) is 9.41. The fourth-order valence-electron chi connectivity index (χ4n) is 5.01. The van der Waals surface area contributed by atoms with Gasteiger partial charge in [0.05, 0.1) is 17.6 Å². The zero-order valence-electron chi connectivity index (χ0n) is 17.9. The first kappa shape index (κ1) is 19.9. The normalized spacial score (nSPS) is 29.7. The van der Waals surface area contributed by atoms with Gasteiger partial charge in [-0.1, -0.05) is 45.7 Å². The van der Waals surface area contributed by atoms with Gasteiger partial charge in [-0.25, -0.2) is 4.98 Å². The van der Waals surface area contributed by atoms with Crippen LogP contribution in [0.15, 0.2) is 24.3 Å². The topological polar surface area (TPSA) is 67.2 Å². The molecule has 4 rings (SSSR count). The van der Waals surface area contributed by atoms with Gasteiger partial charge in [-0.15, -0.1) is 0 Å². The van der Waals surface area contributed by atoms with E-state index in [1.165, 1.54) is 6.42 Å². The Balaban J connectivity index is 1.70. The van der Waals surface area contributed by atoms with Gasteiger partial charge >= 0.3 is 0 Å². The summed E-state index contributed by atoms with van der Waals surface area (Å²) < 4.78 is 1.93. The average Bonchev–Trinajstić information content (AvgIpc) is 3.07. The fraction of sp³-hybridized carbons (Fsp3) is 0.609. The summed E-state index contributed by atoms with van der Waals surface area (Å²) in [4.78, 5) is 33.3. The molecule has 2 aromatic rings. The molecule has 156 valence electrons. The van der Waals surface area contributed by atoms with Crippen molar-refractivity contribution in [3.63, 3.8) is 0 Å². The molecule has 0 saturated heterocycles. The Hall–Kier alpha value is -2.37. The summed E-state index contributed by atoms with van der Waals surface area (Å²) >= 11 is 0. The number of amides is 2. The van der Waals surface area contributed by atoms with E-state index < -0.39 is 5.54 Å². The molecule has 1 aromatic carbocycles. The SMILES string of the molecule is CCCN1C(=O)c2nc3ccccc3n2C[C@]1(C)C(=O)N[C@@H]1CCC[C@@H](C)[C@H]1C. The van der Waals surface area contributed by atoms with Crippen LogP contribution in [0.3, 0.4) is 0 Å². The molecule has 2 amide bonds. The van der Waals surface area contributed by atoms with Crippen molar-refractivity contribution in [1.82, 2.24) is 19.8 Å². The lowest BCUT2D eigenvalue weighted by Gasteiger charge is -2.45. The lowest BCUT2D eigenvalue weighted by molar-refractivity contribution is -0.134. The van der Waals surface area contributed by atoms with Crippen LogP contribution in [0.5, 0.6) is 0 Å². The second-order valence-corrected chi connectivity index (χ2v) is 9.09. The molecule has 2 heterocycles. The monoisotopic (exact) mass is 396 g/mol. The third-order valence-corrected chi connectivity index (χ3v) is 7.11. The standard InChI is InChI=1S/C23H32N4O2/c1-5-13-27-21(28)20-24-18-10-6-7-12-19(18)26(20)14-23(27,4)22(29)25-17-11-8-9-15(2)16(17)3/h6-7,10,12,15-17H,5,8-9,11,13-14H2,1-4H3,(H,25,29)/t15-,16-,17-,23-/m1/s1. The molecule has 29 heavy (non-hydrogen) atoms. The van der Waals surface area contributed by atoms with Crippen LogP contribution in [0.2, 0.25) is 0 Å². The minimum atomic E-state index is -0.927. The fourth-order valence-corrected chi connectivity index (χ4v) is 5.01. The van der Waals surface area contributed by atoms with Crippen molar-refractivity contribution in [3.8, 4) is 0 Å². The highest BCUT2D eigenvalue weighted by molar-refractivity contribution is 6.01. The number of hydrogen-bond donors (Lipinski definition) is 1. The summed E-state index contributed by atoms with van der Waals surface area (Å²) in [5.41, 5.74) is 0.779. The van der Waals surface area contributed by atoms with Gasteiger partial charge < -0.3 is 14.8 Å². The maximum Gasteiger partial charge on any atom is 0.290 e. The maximum absolute atomic E-state index is 13.6. The molecule has 0 radical (unpaired) electrons. The van der Waals surface area contributed by atoms with Crippen LogP contribution in [-0.2, 0) is 11.3 Å². The first-order chi connectivity index (χ1) is 13.9. The van der Waals surface area contributed by atoms with Crippen molar-refractivity contribution in [3.05, 3.63) is 30.1 Å². The number of benzene rings is 1. The highest BCUT2D eigenvalue weighted by Crippen LogP contribution is 2.33. The van der Waals surface area contributed by atoms with E-state index in [1.807, 2.05) is 42.7 Å². The van der Waals surface area contributed by atoms with Crippen molar-refractivity contribution in [2.24, 2.45) is 11.8 Å². The van der Waals surface area contributed by atoms with E-state index in [0.717, 1.165) is 30.3 Å². The Bertz CT molecular complexity index is 936. The molecule has 0 bridgehead atoms. The summed E-state index contributed by atoms with van der Waals surface area (Å²) in [7, 11) is 0. The van der Waals surface area contributed by atoms with Crippen LogP contribution in [0.25, 0.3) is 11.0 Å². The van der Waals surface area contributed by atoms with Crippen molar-refractivity contribution in [1.29, 1.82) is 0 Å². The van der Waals surface area contributed by atoms with E-state index in [0.29, 0.717) is 30.7 Å². The summed E-state index contributed by atoms with van der Waals surface area (Å²) in [5, 5.41) is 3.32. The zero-order valence-corrected chi connectivity index (χ0v) is 17.9. The molecule has 1 aliphatic heterocycles. The molecule has 0 spiro atoms. The van der Waals surface area contributed by atoms with Crippen molar-refractivity contribution in [2.45, 2.75) is 71.5 Å². The zero-order chi connectivity index (χ0) is 20.8. The number of para-hydroxylation sites is 2. The highest BCUT2D eigenvalue weighted by Gasteiger charge is 2.48. The van der Waals surface area contributed by atoms with Crippen molar-refractivity contribution in [2.75, 3.05) is 6.54 Å². The van der Waals surface area contributed by atoms with E-state index in [-0.39, 0.29) is 17.9 Å². The van der Waals surface area contributed by atoms with E-state index in [1.54, 1.807) is 4.90 Å². The molecule has 2 aliphatic rings. The average molecular weight is 397 g/mol. The summed E-state index contributed by atoms with van der Waals surface area (Å²) in [5.74, 6) is 1.28. The molecular formula is C23H32N4O2. The van der Waals surface area contributed by atoms with Crippen LogP contribution in [0.4, 0.5) is 0 Å². The van der Waals surface area contributed by atoms with E-state index in [4.69, 9.17) is 0 Å². The molecule has 1 saturated carbocycles. The molecule has 4 atom stereocenters. The maximum atomic E-state index is 13.6. The third kappa shape index (κ3) is 3.22. The van der Waals surface area contributed by atoms with Crippen molar-refractivity contribution >= 4 is 22.8 Å². The molecule has 6 heteroatoms. The summed E-state index contributed by atoms with van der Waals surface area (Å²) in [6.07, 6.45) is 4.16. The van der Waals surface area contributed by atoms with Crippen LogP contribution < -0.4 is 5.32 Å². The molecule has 6 nitrogen and oxygen atoms in total. The molecule has 1 aliphatic carbocycles. The highest BCUT2D eigenvalue weighted by atomic mass is 16.2. The number of aromatic nitrogens is 2. The van der Waals surface area contributed by atoms with Crippen LogP contribution in [0.1, 0.15) is 64.0 Å². The van der Waals surface area contributed by atoms with Gasteiger partial charge in [-0.2, -0.15) is 0 Å². The van der Waals surface area contributed by atoms with E-state index >= 15 is 0 Å². The van der Waals surface area contributed by atoms with Gasteiger partial charge in [0.15, 0.2) is 5.82 Å². The number of fused-ring (bicyclic) bond motifs is 3. The number of carbonyl (C=O) groups excluding carboxylic acids is 2. The van der Waals surface area contributed by atoms with Crippen LogP contribution in [0, 0.1) is 11.8 Å². The van der Waals surface area contributed by atoms with Crippen LogP contribution >= 0.6 is 0 Å². The number of rotatable bonds is 4. The third-order valence-electron chi connectivity index (χ3n) is 7.11. The van der Waals surface area contributed by atoms with Crippen LogP contribution in [-0.4, -0.2) is 44.4 Å². The first-order valence-electron chi connectivity index (χ1n) is 10.9. The van der Waals surface area contributed by atoms with Crippen molar-refractivity contribution < 1.29 is 9.59 Å². The lowest BCUT2D eigenvalue weighted by Crippen LogP contribution is -2.65. The molecule has 1 N–H and O–H groups in total. The second kappa shape index (κ2) is 7.47. The first-order valence-corrected chi connectivity index (χ1v) is 10.9. The smallest absolute Gasteiger partial charge is 0.290 e. The van der Waals surface area contributed by atoms with Gasteiger partial charge in [0.2, 0.25) is 5.91 Å². The second-order valence-electron chi connectivity index (χ2n) is 9.09. The number of nitrogens with one attached hydrogen (secondary N) is 1. The number of nitrogens with zero attached hydrogens (tertiary/aromatic N) is 3. The van der Waals surface area contributed by atoms with Gasteiger partial charge in [0.25, 0.3) is 5.91 Å². The molecular weight excluding hydrogens is 364 g/mol. The van der Waals surface area contributed by atoms with Gasteiger partial charge in [-0.3, -0.25) is 9.59 Å². The van der Waals surface area contributed by atoms with Gasteiger partial charge in [0.1, 0.15) is 5.54 Å². The largest absolute Gasteiger partial charge is 0.351 e. The predicted molar refractivity (Wildman–Crippen MR) is 114 cm³/mol. The molecule has 1 aromatic heterocycles. The Kier molecular flexibility index (Phi) is 5.13. The summed E-state index contributed by atoms with van der Waals surface area (Å²) in [6, 6.07) is 7.93. The quantitative estimate of drug-likeness (QED) is 0.859. The molecule has 1 fully saturated rings. The Morgan fingerprint density at radius 1 is 1.28 bits per heavy atom. The minimum absolute atomic E-state index is 0.0475. The number of imidazole rings is 1. The Morgan fingerprint density at radius 3 is 2.79 bits per heavy atom. The number of carbonyl (C=O) groups is 2. The van der Waals surface area contributed by atoms with Gasteiger partial charge in [0, 0.05) is 12.6 Å². The Morgan fingerprint density at radius 2 is 2.03 bits per heavy atom. The van der Waals surface area contributed by atoms with E-state index in [9.17, 15) is 9.59 Å². The predicted octanol–water partition coefficient (Wildman–Crippen LogP) is 3.60. The Labute approximate surface area is 172 Å². The number of hydrogen-bond acceptors (Lipinski definition) is 3. The molecule has 0 unspecified atom stereocenters. The lowest BCUT2D eigenvalue weighted by atomic mass is 9.77. The van der Waals surface area contributed by atoms with E-state index in [2.05, 4.69) is 24.1 Å². The minimum Gasteiger partial charge on any atom is -0.351 e.